The smallest absolute Gasteiger partial charge is 0.338 e. The van der Waals surface area contributed by atoms with Crippen molar-refractivity contribution in [2.75, 3.05) is 32.5 Å². The van der Waals surface area contributed by atoms with Gasteiger partial charge < -0.3 is 14.2 Å². The number of hydrogen-bond acceptors (Lipinski definition) is 8. The highest BCUT2D eigenvalue weighted by atomic mass is 79.9. The van der Waals surface area contributed by atoms with Crippen molar-refractivity contribution in [3.05, 3.63) is 61.9 Å². The van der Waals surface area contributed by atoms with Crippen LogP contribution in [0.2, 0.25) is 0 Å². The first-order valence-electron chi connectivity index (χ1n) is 9.59. The van der Waals surface area contributed by atoms with E-state index in [1.165, 1.54) is 23.5 Å². The van der Waals surface area contributed by atoms with Crippen LogP contribution < -0.4 is 0 Å². The summed E-state index contributed by atoms with van der Waals surface area (Å²) < 4.78 is 33.7. The maximum absolute atomic E-state index is 13.8. The van der Waals surface area contributed by atoms with Gasteiger partial charge in [-0.3, -0.25) is 4.99 Å². The van der Waals surface area contributed by atoms with Gasteiger partial charge in [-0.25, -0.2) is 14.2 Å². The highest BCUT2D eigenvalue weighted by molar-refractivity contribution is 9.10. The Kier molecular flexibility index (Phi) is 6.77. The van der Waals surface area contributed by atoms with Gasteiger partial charge in [-0.1, -0.05) is 22.0 Å². The van der Waals surface area contributed by atoms with Crippen molar-refractivity contribution in [3.8, 4) is 0 Å². The van der Waals surface area contributed by atoms with Gasteiger partial charge in [0.1, 0.15) is 18.1 Å². The number of ether oxygens (including phenoxy) is 1. The summed E-state index contributed by atoms with van der Waals surface area (Å²) in [4.78, 5) is 24.4. The monoisotopic (exact) mass is 526 g/mol. The fraction of sp³-hybridized carbons (Fsp3) is 0.350. The number of aromatic nitrogens is 1. The summed E-state index contributed by atoms with van der Waals surface area (Å²) in [6.45, 7) is 3.31. The van der Waals surface area contributed by atoms with Crippen molar-refractivity contribution in [1.29, 1.82) is 0 Å². The number of piperazine rings is 1. The Bertz CT molecular complexity index is 1050. The van der Waals surface area contributed by atoms with Crippen molar-refractivity contribution >= 4 is 50.4 Å². The van der Waals surface area contributed by atoms with Crippen LogP contribution in [0.3, 0.4) is 0 Å². The van der Waals surface area contributed by atoms with Crippen LogP contribution >= 0.6 is 27.3 Å². The molecule has 0 N–H and O–H groups in total. The van der Waals surface area contributed by atoms with E-state index in [2.05, 4.69) is 20.9 Å². The van der Waals surface area contributed by atoms with Crippen LogP contribution in [0.4, 0.5) is 4.39 Å². The minimum Gasteiger partial charge on any atom is -0.598 e. The minimum absolute atomic E-state index is 0.208. The first kappa shape index (κ1) is 22.4. The van der Waals surface area contributed by atoms with Crippen molar-refractivity contribution in [2.24, 2.45) is 4.99 Å². The molecule has 164 valence electrons. The Morgan fingerprint density at radius 1 is 1.45 bits per heavy atom. The quantitative estimate of drug-likeness (QED) is 0.439. The van der Waals surface area contributed by atoms with Crippen molar-refractivity contribution in [2.45, 2.75) is 13.0 Å². The molecular weight excluding hydrogens is 507 g/mol. The molecule has 0 amide bonds. The van der Waals surface area contributed by atoms with E-state index < -0.39 is 29.2 Å². The van der Waals surface area contributed by atoms with E-state index in [0.29, 0.717) is 46.8 Å². The zero-order chi connectivity index (χ0) is 22.1. The number of carbonyl (C=O) groups is 1. The Hall–Kier alpha value is -1.79. The summed E-state index contributed by atoms with van der Waals surface area (Å²) in [6.07, 6.45) is 3.32. The number of esters is 1. The van der Waals surface area contributed by atoms with Gasteiger partial charge in [-0.05, 0) is 24.6 Å². The molecule has 1 fully saturated rings. The number of amidine groups is 1. The Morgan fingerprint density at radius 3 is 2.90 bits per heavy atom. The standard InChI is InChI=1S/C20H20BrFN4O3S2/c1-3-29-20(27)16-15-11-25(31(2)28)7-8-26(15)18(19-23-6-9-30-19)24-17(16)13-5-4-12(22)10-14(13)21/h4-6,9-10,17H,3,7-8,11H2,1-2H3. The second kappa shape index (κ2) is 9.37. The lowest BCUT2D eigenvalue weighted by Crippen LogP contribution is -2.51. The van der Waals surface area contributed by atoms with Crippen molar-refractivity contribution in [1.82, 2.24) is 14.2 Å². The van der Waals surface area contributed by atoms with E-state index in [9.17, 15) is 13.7 Å². The second-order valence-corrected chi connectivity index (χ2v) is 9.99. The number of nitrogens with zero attached hydrogens (tertiary/aromatic N) is 4. The number of hydrogen-bond donors (Lipinski definition) is 0. The number of rotatable bonds is 5. The lowest BCUT2D eigenvalue weighted by molar-refractivity contribution is -0.139. The van der Waals surface area contributed by atoms with Gasteiger partial charge in [-0.2, -0.15) is 0 Å². The fourth-order valence-corrected chi connectivity index (χ4v) is 5.52. The number of halogens is 2. The van der Waals surface area contributed by atoms with Gasteiger partial charge >= 0.3 is 5.97 Å². The maximum atomic E-state index is 13.8. The van der Waals surface area contributed by atoms with Crippen LogP contribution in [0.25, 0.3) is 0 Å². The zero-order valence-corrected chi connectivity index (χ0v) is 20.1. The molecule has 0 spiro atoms. The third-order valence-electron chi connectivity index (χ3n) is 5.06. The Morgan fingerprint density at radius 2 is 2.26 bits per heavy atom. The van der Waals surface area contributed by atoms with Crippen LogP contribution in [0.15, 0.2) is 50.5 Å². The molecule has 1 saturated heterocycles. The highest BCUT2D eigenvalue weighted by Gasteiger charge is 2.41. The molecule has 0 aliphatic carbocycles. The van der Waals surface area contributed by atoms with E-state index in [0.717, 1.165) is 5.01 Å². The summed E-state index contributed by atoms with van der Waals surface area (Å²) >= 11 is 3.67. The second-order valence-electron chi connectivity index (χ2n) is 6.88. The van der Waals surface area contributed by atoms with E-state index in [-0.39, 0.29) is 6.61 Å². The molecule has 3 heterocycles. The van der Waals surface area contributed by atoms with Gasteiger partial charge in [0.2, 0.25) is 0 Å². The lowest BCUT2D eigenvalue weighted by Gasteiger charge is -2.41. The molecule has 31 heavy (non-hydrogen) atoms. The van der Waals surface area contributed by atoms with Gasteiger partial charge in [0.05, 0.1) is 31.0 Å². The van der Waals surface area contributed by atoms with Crippen LogP contribution in [0.1, 0.15) is 23.5 Å². The van der Waals surface area contributed by atoms with E-state index in [1.54, 1.807) is 29.7 Å². The minimum atomic E-state index is -1.20. The van der Waals surface area contributed by atoms with Crippen LogP contribution in [-0.2, 0) is 20.9 Å². The molecule has 0 bridgehead atoms. The molecule has 2 unspecified atom stereocenters. The number of carbonyl (C=O) groups excluding carboxylic acids is 1. The fourth-order valence-electron chi connectivity index (χ4n) is 3.67. The summed E-state index contributed by atoms with van der Waals surface area (Å²) in [5.74, 6) is -0.247. The normalized spacial score (nSPS) is 20.4. The maximum Gasteiger partial charge on any atom is 0.338 e. The molecular formula is C20H20BrFN4O3S2. The van der Waals surface area contributed by atoms with E-state index >= 15 is 0 Å². The predicted molar refractivity (Wildman–Crippen MR) is 121 cm³/mol. The van der Waals surface area contributed by atoms with Crippen LogP contribution in [0, 0.1) is 5.82 Å². The third-order valence-corrected chi connectivity index (χ3v) is 7.55. The van der Waals surface area contributed by atoms with Crippen molar-refractivity contribution < 1.29 is 18.5 Å². The molecule has 2 atom stereocenters. The lowest BCUT2D eigenvalue weighted by atomic mass is 9.94. The first-order chi connectivity index (χ1) is 14.9. The highest BCUT2D eigenvalue weighted by Crippen LogP contribution is 2.40. The number of thiazole rings is 1. The summed E-state index contributed by atoms with van der Waals surface area (Å²) in [7, 11) is 0. The van der Waals surface area contributed by atoms with Crippen molar-refractivity contribution in [3.63, 3.8) is 0 Å². The molecule has 1 aromatic heterocycles. The van der Waals surface area contributed by atoms with Gasteiger partial charge in [0, 0.05) is 34.0 Å². The predicted octanol–water partition coefficient (Wildman–Crippen LogP) is 3.27. The Labute approximate surface area is 195 Å². The average molecular weight is 527 g/mol. The van der Waals surface area contributed by atoms with E-state index in [1.807, 2.05) is 10.3 Å². The number of fused-ring (bicyclic) bond motifs is 1. The molecule has 2 aliphatic heterocycles. The molecule has 1 aromatic carbocycles. The topological polar surface area (TPSA) is 81.1 Å². The zero-order valence-electron chi connectivity index (χ0n) is 16.9. The van der Waals surface area contributed by atoms with Crippen LogP contribution in [-0.4, -0.2) is 63.0 Å². The summed E-state index contributed by atoms with van der Waals surface area (Å²) in [6, 6.07) is 3.58. The van der Waals surface area contributed by atoms with Gasteiger partial charge in [-0.15, -0.1) is 15.6 Å². The molecule has 2 aromatic rings. The largest absolute Gasteiger partial charge is 0.598 e. The Balaban J connectivity index is 1.91. The average Bonchev–Trinajstić information content (AvgIpc) is 3.27. The van der Waals surface area contributed by atoms with E-state index in [4.69, 9.17) is 9.73 Å². The van der Waals surface area contributed by atoms with Gasteiger partial charge in [0.15, 0.2) is 10.8 Å². The molecule has 4 rings (SSSR count). The molecule has 0 saturated carbocycles. The summed E-state index contributed by atoms with van der Waals surface area (Å²) in [5, 5.41) is 2.58. The molecule has 7 nitrogen and oxygen atoms in total. The third kappa shape index (κ3) is 4.42. The molecule has 0 radical (unpaired) electrons. The van der Waals surface area contributed by atoms with Gasteiger partial charge in [0.25, 0.3) is 0 Å². The van der Waals surface area contributed by atoms with Crippen LogP contribution in [0.5, 0.6) is 0 Å². The SMILES string of the molecule is CCOC(=O)C1=C2CN([S+](C)[O-])CCN2C(c2nccs2)=NC1c1ccc(F)cc1Br. The number of benzene rings is 1. The first-order valence-corrected chi connectivity index (χ1v) is 12.8. The molecule has 11 heteroatoms. The molecule has 2 aliphatic rings. The number of aliphatic imine (C=N–C) groups is 1. The summed E-state index contributed by atoms with van der Waals surface area (Å²) in [5.41, 5.74) is 1.69.